The molecule has 0 aromatic heterocycles. The van der Waals surface area contributed by atoms with Crippen molar-refractivity contribution in [2.75, 3.05) is 6.61 Å². The van der Waals surface area contributed by atoms with Crippen LogP contribution in [0.4, 0.5) is 0 Å². The third kappa shape index (κ3) is 4.11. The second-order valence-electron chi connectivity index (χ2n) is 8.81. The van der Waals surface area contributed by atoms with Crippen molar-refractivity contribution in [1.29, 1.82) is 0 Å². The Labute approximate surface area is 160 Å². The molecule has 1 saturated carbocycles. The van der Waals surface area contributed by atoms with Crippen molar-refractivity contribution in [2.45, 2.75) is 52.6 Å². The molecule has 2 aromatic carbocycles. The molecule has 1 unspecified atom stereocenters. The third-order valence-electron chi connectivity index (χ3n) is 5.73. The van der Waals surface area contributed by atoms with Crippen molar-refractivity contribution in [3.63, 3.8) is 0 Å². The van der Waals surface area contributed by atoms with Crippen LogP contribution in [-0.4, -0.2) is 26.9 Å². The van der Waals surface area contributed by atoms with E-state index >= 15 is 0 Å². The van der Waals surface area contributed by atoms with E-state index in [4.69, 9.17) is 4.43 Å². The molecule has 1 fully saturated rings. The van der Waals surface area contributed by atoms with E-state index in [2.05, 4.69) is 81.4 Å². The fourth-order valence-electron chi connectivity index (χ4n) is 4.59. The standard InChI is InChI=1S/C23H32O2Si/c1-22(2,3)21(23(18-24)16-10-11-17-23)25-26(19-12-6-4-7-13-19)20-14-8-5-9-15-20/h4-9,12-15,21,24,26H,10-11,16-18H2,1-3H3. The summed E-state index contributed by atoms with van der Waals surface area (Å²) in [4.78, 5) is 0. The van der Waals surface area contributed by atoms with Crippen LogP contribution >= 0.6 is 0 Å². The normalized spacial score (nSPS) is 18.2. The molecule has 3 heteroatoms. The summed E-state index contributed by atoms with van der Waals surface area (Å²) in [6.07, 6.45) is 4.57. The summed E-state index contributed by atoms with van der Waals surface area (Å²) < 4.78 is 7.04. The van der Waals surface area contributed by atoms with E-state index in [-0.39, 0.29) is 23.5 Å². The molecule has 140 valence electrons. The summed E-state index contributed by atoms with van der Waals surface area (Å²) >= 11 is 0. The molecule has 0 amide bonds. The molecule has 0 spiro atoms. The number of aliphatic hydroxyl groups is 1. The zero-order valence-electron chi connectivity index (χ0n) is 16.3. The van der Waals surface area contributed by atoms with Gasteiger partial charge < -0.3 is 9.53 Å². The molecule has 1 aliphatic carbocycles. The van der Waals surface area contributed by atoms with Crippen molar-refractivity contribution < 1.29 is 9.53 Å². The zero-order valence-corrected chi connectivity index (χ0v) is 17.5. The highest BCUT2D eigenvalue weighted by Gasteiger charge is 2.48. The molecule has 0 heterocycles. The molecule has 2 aromatic rings. The molecule has 26 heavy (non-hydrogen) atoms. The maximum absolute atomic E-state index is 10.3. The van der Waals surface area contributed by atoms with Gasteiger partial charge in [0.2, 0.25) is 9.04 Å². The van der Waals surface area contributed by atoms with Crippen molar-refractivity contribution >= 4 is 19.4 Å². The van der Waals surface area contributed by atoms with Crippen molar-refractivity contribution in [3.8, 4) is 0 Å². The lowest BCUT2D eigenvalue weighted by molar-refractivity contribution is -0.0569. The topological polar surface area (TPSA) is 29.5 Å². The second-order valence-corrected chi connectivity index (χ2v) is 11.2. The zero-order chi connectivity index (χ0) is 18.6. The van der Waals surface area contributed by atoms with Gasteiger partial charge in [-0.1, -0.05) is 94.3 Å². The highest BCUT2D eigenvalue weighted by Crippen LogP contribution is 2.48. The summed E-state index contributed by atoms with van der Waals surface area (Å²) in [5, 5.41) is 12.9. The quantitative estimate of drug-likeness (QED) is 0.791. The fourth-order valence-corrected chi connectivity index (χ4v) is 7.40. The molecular weight excluding hydrogens is 336 g/mol. The number of rotatable bonds is 6. The number of aliphatic hydroxyl groups excluding tert-OH is 1. The molecule has 2 nitrogen and oxygen atoms in total. The SMILES string of the molecule is CC(C)(C)C(O[SiH](c1ccccc1)c1ccccc1)C1(CO)CCCC1. The molecule has 1 N–H and O–H groups in total. The molecule has 1 atom stereocenters. The lowest BCUT2D eigenvalue weighted by Crippen LogP contribution is -2.55. The van der Waals surface area contributed by atoms with Crippen molar-refractivity contribution in [2.24, 2.45) is 10.8 Å². The Balaban J connectivity index is 2.00. The van der Waals surface area contributed by atoms with Gasteiger partial charge in [0.05, 0.1) is 12.7 Å². The lowest BCUT2D eigenvalue weighted by atomic mass is 9.70. The van der Waals surface area contributed by atoms with Gasteiger partial charge in [-0.15, -0.1) is 0 Å². The minimum atomic E-state index is -1.83. The Morgan fingerprint density at radius 3 is 1.77 bits per heavy atom. The Hall–Kier alpha value is -1.42. The van der Waals surface area contributed by atoms with Gasteiger partial charge in [-0.2, -0.15) is 0 Å². The fraction of sp³-hybridized carbons (Fsp3) is 0.478. The van der Waals surface area contributed by atoms with Crippen LogP contribution in [0.1, 0.15) is 46.5 Å². The highest BCUT2D eigenvalue weighted by molar-refractivity contribution is 6.80. The van der Waals surface area contributed by atoms with E-state index in [9.17, 15) is 5.11 Å². The Morgan fingerprint density at radius 1 is 0.923 bits per heavy atom. The first-order chi connectivity index (χ1) is 12.5. The lowest BCUT2D eigenvalue weighted by Gasteiger charge is -2.45. The monoisotopic (exact) mass is 368 g/mol. The van der Waals surface area contributed by atoms with Crippen LogP contribution in [-0.2, 0) is 4.43 Å². The van der Waals surface area contributed by atoms with E-state index in [1.807, 2.05) is 0 Å². The van der Waals surface area contributed by atoms with Gasteiger partial charge in [-0.3, -0.25) is 0 Å². The van der Waals surface area contributed by atoms with Crippen molar-refractivity contribution in [1.82, 2.24) is 0 Å². The Kier molecular flexibility index (Phi) is 6.01. The van der Waals surface area contributed by atoms with Gasteiger partial charge in [0.15, 0.2) is 0 Å². The Morgan fingerprint density at radius 2 is 1.38 bits per heavy atom. The predicted molar refractivity (Wildman–Crippen MR) is 112 cm³/mol. The maximum atomic E-state index is 10.3. The van der Waals surface area contributed by atoms with Crippen LogP contribution in [0, 0.1) is 10.8 Å². The van der Waals surface area contributed by atoms with Crippen LogP contribution < -0.4 is 10.4 Å². The van der Waals surface area contributed by atoms with Gasteiger partial charge >= 0.3 is 0 Å². The number of hydrogen-bond donors (Lipinski definition) is 1. The smallest absolute Gasteiger partial charge is 0.240 e. The highest BCUT2D eigenvalue weighted by atomic mass is 28.3. The van der Waals surface area contributed by atoms with Crippen LogP contribution in [0.5, 0.6) is 0 Å². The third-order valence-corrected chi connectivity index (χ3v) is 8.26. The van der Waals surface area contributed by atoms with Gasteiger partial charge in [0.1, 0.15) is 0 Å². The summed E-state index contributed by atoms with van der Waals surface area (Å²) in [6, 6.07) is 21.3. The summed E-state index contributed by atoms with van der Waals surface area (Å²) in [6.45, 7) is 7.00. The number of benzene rings is 2. The summed E-state index contributed by atoms with van der Waals surface area (Å²) in [7, 11) is -1.83. The molecule has 3 rings (SSSR count). The van der Waals surface area contributed by atoms with Crippen LogP contribution in [0.15, 0.2) is 60.7 Å². The average molecular weight is 369 g/mol. The van der Waals surface area contributed by atoms with Crippen LogP contribution in [0.25, 0.3) is 0 Å². The van der Waals surface area contributed by atoms with Gasteiger partial charge in [0.25, 0.3) is 0 Å². The molecule has 0 saturated heterocycles. The van der Waals surface area contributed by atoms with E-state index in [1.54, 1.807) is 0 Å². The van der Waals surface area contributed by atoms with E-state index < -0.39 is 9.04 Å². The minimum Gasteiger partial charge on any atom is -0.407 e. The molecule has 1 aliphatic rings. The van der Waals surface area contributed by atoms with E-state index in [0.717, 1.165) is 12.8 Å². The number of hydrogen-bond acceptors (Lipinski definition) is 2. The van der Waals surface area contributed by atoms with Crippen LogP contribution in [0.3, 0.4) is 0 Å². The van der Waals surface area contributed by atoms with E-state index in [0.29, 0.717) is 0 Å². The van der Waals surface area contributed by atoms with Gasteiger partial charge in [-0.05, 0) is 28.6 Å². The van der Waals surface area contributed by atoms with Crippen molar-refractivity contribution in [3.05, 3.63) is 60.7 Å². The summed E-state index contributed by atoms with van der Waals surface area (Å²) in [5.41, 5.74) is -0.116. The maximum Gasteiger partial charge on any atom is 0.240 e. The van der Waals surface area contributed by atoms with E-state index in [1.165, 1.54) is 23.2 Å². The van der Waals surface area contributed by atoms with Gasteiger partial charge in [-0.25, -0.2) is 0 Å². The first-order valence-corrected chi connectivity index (χ1v) is 11.5. The minimum absolute atomic E-state index is 0.0120. The first kappa shape index (κ1) is 19.3. The van der Waals surface area contributed by atoms with Gasteiger partial charge in [0, 0.05) is 5.41 Å². The van der Waals surface area contributed by atoms with Crippen LogP contribution in [0.2, 0.25) is 0 Å². The summed E-state index contributed by atoms with van der Waals surface area (Å²) in [5.74, 6) is 0. The predicted octanol–water partition coefficient (Wildman–Crippen LogP) is 3.51. The second kappa shape index (κ2) is 8.08. The Bertz CT molecular complexity index is 633. The largest absolute Gasteiger partial charge is 0.407 e. The molecule has 0 bridgehead atoms. The first-order valence-electron chi connectivity index (χ1n) is 9.82. The molecule has 0 aliphatic heterocycles. The average Bonchev–Trinajstić information content (AvgIpc) is 3.13. The molecule has 0 radical (unpaired) electrons. The molecular formula is C23H32O2Si.